The molecule has 0 saturated carbocycles. The molecular weight excluding hydrogens is 442 g/mol. The van der Waals surface area contributed by atoms with Crippen molar-refractivity contribution >= 4 is 17.0 Å². The molecular formula is C24H27N3O5S. The van der Waals surface area contributed by atoms with E-state index in [2.05, 4.69) is 0 Å². The Morgan fingerprint density at radius 2 is 1.94 bits per heavy atom. The van der Waals surface area contributed by atoms with Crippen molar-refractivity contribution in [1.82, 2.24) is 14.7 Å². The Balaban J connectivity index is 1.95. The van der Waals surface area contributed by atoms with Crippen molar-refractivity contribution in [2.24, 2.45) is 0 Å². The van der Waals surface area contributed by atoms with Gasteiger partial charge in [-0.3, -0.25) is 4.79 Å². The number of methoxy groups -OCH3 is 1. The van der Waals surface area contributed by atoms with Gasteiger partial charge in [0, 0.05) is 31.3 Å². The van der Waals surface area contributed by atoms with Gasteiger partial charge in [0.25, 0.3) is 5.91 Å². The Morgan fingerprint density at radius 1 is 1.18 bits per heavy atom. The largest absolute Gasteiger partial charge is 0.380 e. The van der Waals surface area contributed by atoms with E-state index in [9.17, 15) is 13.6 Å². The number of hydrogen-bond acceptors (Lipinski definition) is 5. The van der Waals surface area contributed by atoms with E-state index >= 15 is 0 Å². The van der Waals surface area contributed by atoms with Gasteiger partial charge in [-0.1, -0.05) is 37.3 Å². The Hall–Kier alpha value is -2.85. The van der Waals surface area contributed by atoms with E-state index in [1.54, 1.807) is 34.9 Å². The van der Waals surface area contributed by atoms with Crippen molar-refractivity contribution in [3.63, 3.8) is 0 Å². The maximum atomic E-state index is 13.5. The van der Waals surface area contributed by atoms with Crippen LogP contribution in [0.5, 0.6) is 0 Å². The zero-order chi connectivity index (χ0) is 23.4. The van der Waals surface area contributed by atoms with Crippen molar-refractivity contribution in [1.29, 1.82) is 0 Å². The number of rotatable bonds is 7. The van der Waals surface area contributed by atoms with Crippen LogP contribution in [0.1, 0.15) is 28.5 Å². The lowest BCUT2D eigenvalue weighted by atomic mass is 10.0. The third-order valence-electron chi connectivity index (χ3n) is 5.63. The molecule has 0 bridgehead atoms. The number of morpholine rings is 1. The van der Waals surface area contributed by atoms with Gasteiger partial charge in [0.05, 0.1) is 36.1 Å². The number of ether oxygens (including phenoxy) is 2. The normalized spacial score (nSPS) is 14.9. The van der Waals surface area contributed by atoms with Crippen LogP contribution in [-0.4, -0.2) is 62.8 Å². The van der Waals surface area contributed by atoms with E-state index in [1.807, 2.05) is 37.3 Å². The average Bonchev–Trinajstić information content (AvgIpc) is 3.24. The van der Waals surface area contributed by atoms with Gasteiger partial charge in [-0.05, 0) is 30.2 Å². The lowest BCUT2D eigenvalue weighted by Gasteiger charge is -2.26. The van der Waals surface area contributed by atoms with Gasteiger partial charge in [-0.2, -0.15) is 5.10 Å². The molecule has 0 aliphatic carbocycles. The molecule has 1 atom stereocenters. The first-order valence-corrected chi connectivity index (χ1v) is 11.9. The van der Waals surface area contributed by atoms with Crippen molar-refractivity contribution in [2.75, 3.05) is 33.4 Å². The Labute approximate surface area is 195 Å². The fourth-order valence-corrected chi connectivity index (χ4v) is 4.64. The highest BCUT2D eigenvalue weighted by atomic mass is 32.2. The lowest BCUT2D eigenvalue weighted by molar-refractivity contribution is 0.0298. The van der Waals surface area contributed by atoms with Crippen LogP contribution in [0.25, 0.3) is 16.9 Å². The standard InChI is InChI=1S/C24H27N3O5S/c1-3-19-22(24(28)26-11-13-32-14-12-26)25-27(18-8-6-7-17(15-18)16-31-2)23(19)20-9-4-5-10-21(20)33(29)30/h4-10,15H,3,11-14,16H2,1-2H3,(H,29,30). The van der Waals surface area contributed by atoms with Crippen LogP contribution in [0.15, 0.2) is 53.4 Å². The van der Waals surface area contributed by atoms with Crippen molar-refractivity contribution in [3.8, 4) is 16.9 Å². The molecule has 0 spiro atoms. The summed E-state index contributed by atoms with van der Waals surface area (Å²) in [6, 6.07) is 14.6. The third kappa shape index (κ3) is 4.77. The number of carbonyl (C=O) groups excluding carboxylic acids is 1. The predicted molar refractivity (Wildman–Crippen MR) is 125 cm³/mol. The van der Waals surface area contributed by atoms with Crippen LogP contribution < -0.4 is 0 Å². The van der Waals surface area contributed by atoms with Gasteiger partial charge in [-0.15, -0.1) is 0 Å². The summed E-state index contributed by atoms with van der Waals surface area (Å²) < 4.78 is 34.5. The van der Waals surface area contributed by atoms with E-state index in [4.69, 9.17) is 14.6 Å². The first-order chi connectivity index (χ1) is 16.0. The maximum Gasteiger partial charge on any atom is 0.274 e. The summed E-state index contributed by atoms with van der Waals surface area (Å²) >= 11 is -2.20. The summed E-state index contributed by atoms with van der Waals surface area (Å²) in [6.45, 7) is 4.39. The van der Waals surface area contributed by atoms with Crippen LogP contribution in [-0.2, 0) is 33.6 Å². The van der Waals surface area contributed by atoms with Crippen LogP contribution in [0, 0.1) is 0 Å². The zero-order valence-corrected chi connectivity index (χ0v) is 19.5. The Morgan fingerprint density at radius 3 is 2.64 bits per heavy atom. The number of benzene rings is 2. The van der Waals surface area contributed by atoms with Crippen molar-refractivity contribution < 1.29 is 23.0 Å². The molecule has 9 heteroatoms. The molecule has 1 fully saturated rings. The number of amides is 1. The van der Waals surface area contributed by atoms with Crippen LogP contribution in [0.3, 0.4) is 0 Å². The Bertz CT molecular complexity index is 1170. The minimum atomic E-state index is -2.20. The molecule has 2 heterocycles. The summed E-state index contributed by atoms with van der Waals surface area (Å²) in [5, 5.41) is 4.77. The number of hydrogen-bond donors (Lipinski definition) is 1. The molecule has 3 aromatic rings. The fraction of sp³-hybridized carbons (Fsp3) is 0.333. The number of aromatic nitrogens is 2. The smallest absolute Gasteiger partial charge is 0.274 e. The van der Waals surface area contributed by atoms with E-state index in [0.29, 0.717) is 56.3 Å². The highest BCUT2D eigenvalue weighted by Gasteiger charge is 2.29. The topological polar surface area (TPSA) is 93.9 Å². The minimum absolute atomic E-state index is 0.161. The van der Waals surface area contributed by atoms with E-state index in [0.717, 1.165) is 16.8 Å². The second-order valence-electron chi connectivity index (χ2n) is 7.69. The highest BCUT2D eigenvalue weighted by Crippen LogP contribution is 2.34. The summed E-state index contributed by atoms with van der Waals surface area (Å²) in [7, 11) is 1.63. The van der Waals surface area contributed by atoms with Gasteiger partial charge >= 0.3 is 0 Å². The van der Waals surface area contributed by atoms with Gasteiger partial charge in [0.2, 0.25) is 0 Å². The second-order valence-corrected chi connectivity index (χ2v) is 8.63. The zero-order valence-electron chi connectivity index (χ0n) is 18.7. The summed E-state index contributed by atoms with van der Waals surface area (Å²) in [6.07, 6.45) is 0.533. The monoisotopic (exact) mass is 469 g/mol. The van der Waals surface area contributed by atoms with Crippen molar-refractivity contribution in [3.05, 3.63) is 65.4 Å². The molecule has 1 aliphatic rings. The molecule has 1 unspecified atom stereocenters. The lowest BCUT2D eigenvalue weighted by Crippen LogP contribution is -2.41. The number of nitrogens with zero attached hydrogens (tertiary/aromatic N) is 3. The molecule has 33 heavy (non-hydrogen) atoms. The quantitative estimate of drug-likeness (QED) is 0.534. The molecule has 1 saturated heterocycles. The average molecular weight is 470 g/mol. The molecule has 174 valence electrons. The van der Waals surface area contributed by atoms with Crippen molar-refractivity contribution in [2.45, 2.75) is 24.8 Å². The van der Waals surface area contributed by atoms with E-state index in [-0.39, 0.29) is 10.8 Å². The fourth-order valence-electron chi connectivity index (χ4n) is 4.10. The Kier molecular flexibility index (Phi) is 7.34. The first-order valence-electron chi connectivity index (χ1n) is 10.8. The van der Waals surface area contributed by atoms with Gasteiger partial charge in [-0.25, -0.2) is 8.89 Å². The highest BCUT2D eigenvalue weighted by molar-refractivity contribution is 7.79. The minimum Gasteiger partial charge on any atom is -0.380 e. The first kappa shape index (κ1) is 23.3. The summed E-state index contributed by atoms with van der Waals surface area (Å²) in [4.78, 5) is 15.5. The molecule has 1 aliphatic heterocycles. The molecule has 8 nitrogen and oxygen atoms in total. The SMILES string of the molecule is CCc1c(C(=O)N2CCOCC2)nn(-c2cccc(COC)c2)c1-c1ccccc1S(=O)O. The molecule has 1 N–H and O–H groups in total. The maximum absolute atomic E-state index is 13.5. The van der Waals surface area contributed by atoms with Gasteiger partial charge in [0.1, 0.15) is 0 Å². The third-order valence-corrected chi connectivity index (χ3v) is 6.37. The van der Waals surface area contributed by atoms with Gasteiger partial charge in [0.15, 0.2) is 16.8 Å². The molecule has 1 amide bonds. The van der Waals surface area contributed by atoms with E-state index < -0.39 is 11.1 Å². The summed E-state index contributed by atoms with van der Waals surface area (Å²) in [5.74, 6) is -0.161. The molecule has 2 aromatic carbocycles. The molecule has 4 rings (SSSR count). The summed E-state index contributed by atoms with van der Waals surface area (Å²) in [5.41, 5.74) is 4.00. The molecule has 1 aromatic heterocycles. The predicted octanol–water partition coefficient (Wildman–Crippen LogP) is 3.30. The second kappa shape index (κ2) is 10.4. The van der Waals surface area contributed by atoms with Crippen LogP contribution in [0.2, 0.25) is 0 Å². The molecule has 0 radical (unpaired) electrons. The van der Waals surface area contributed by atoms with Crippen LogP contribution in [0.4, 0.5) is 0 Å². The number of carbonyl (C=O) groups is 1. The van der Waals surface area contributed by atoms with Crippen LogP contribution >= 0.6 is 0 Å². The van der Waals surface area contributed by atoms with Gasteiger partial charge < -0.3 is 18.9 Å². The van der Waals surface area contributed by atoms with E-state index in [1.165, 1.54) is 0 Å².